The Kier molecular flexibility index (Phi) is 8.33. The SMILES string of the molecule is Cc1c(-c2ccnc(NC3CCC(O)CC3)n2)c(NCCCN2CCN(C)CC2)nn1-c1ccccc1. The molecule has 0 spiro atoms. The molecule has 198 valence electrons. The maximum atomic E-state index is 9.84. The van der Waals surface area contributed by atoms with E-state index in [2.05, 4.69) is 51.5 Å². The van der Waals surface area contributed by atoms with Gasteiger partial charge in [-0.2, -0.15) is 0 Å². The van der Waals surface area contributed by atoms with Crippen molar-refractivity contribution in [3.8, 4) is 16.9 Å². The Hall–Kier alpha value is -3.01. The number of nitrogens with one attached hydrogen (secondary N) is 2. The zero-order valence-corrected chi connectivity index (χ0v) is 22.1. The molecule has 1 aromatic carbocycles. The van der Waals surface area contributed by atoms with E-state index in [0.29, 0.717) is 12.0 Å². The number of likely N-dealkylation sites (N-methyl/N-ethyl adjacent to an activating group) is 1. The predicted octanol–water partition coefficient (Wildman–Crippen LogP) is 3.40. The lowest BCUT2D eigenvalue weighted by molar-refractivity contribution is 0.126. The molecule has 1 aliphatic heterocycles. The minimum atomic E-state index is -0.179. The number of rotatable bonds is 9. The molecular weight excluding hydrogens is 464 g/mol. The zero-order valence-electron chi connectivity index (χ0n) is 22.1. The van der Waals surface area contributed by atoms with Gasteiger partial charge in [-0.3, -0.25) is 0 Å². The van der Waals surface area contributed by atoms with Crippen molar-refractivity contribution in [3.63, 3.8) is 0 Å². The maximum absolute atomic E-state index is 9.84. The molecule has 9 nitrogen and oxygen atoms in total. The highest BCUT2D eigenvalue weighted by Gasteiger charge is 2.22. The van der Waals surface area contributed by atoms with Gasteiger partial charge < -0.3 is 25.5 Å². The quantitative estimate of drug-likeness (QED) is 0.382. The fourth-order valence-electron chi connectivity index (χ4n) is 5.30. The zero-order chi connectivity index (χ0) is 25.6. The smallest absolute Gasteiger partial charge is 0.223 e. The summed E-state index contributed by atoms with van der Waals surface area (Å²) in [7, 11) is 2.19. The average Bonchev–Trinajstić information content (AvgIpc) is 3.25. The first-order valence-corrected chi connectivity index (χ1v) is 13.6. The highest BCUT2D eigenvalue weighted by atomic mass is 16.3. The molecule has 0 amide bonds. The number of aromatic nitrogens is 4. The Morgan fingerprint density at radius 2 is 1.76 bits per heavy atom. The Morgan fingerprint density at radius 3 is 2.51 bits per heavy atom. The second-order valence-electron chi connectivity index (χ2n) is 10.4. The molecule has 2 aromatic heterocycles. The normalized spacial score (nSPS) is 21.2. The van der Waals surface area contributed by atoms with Crippen molar-refractivity contribution in [2.45, 2.75) is 51.2 Å². The summed E-state index contributed by atoms with van der Waals surface area (Å²) in [6.07, 6.45) is 6.20. The van der Waals surface area contributed by atoms with E-state index in [0.717, 1.165) is 99.8 Å². The van der Waals surface area contributed by atoms with Crippen LogP contribution >= 0.6 is 0 Å². The minimum Gasteiger partial charge on any atom is -0.393 e. The van der Waals surface area contributed by atoms with Crippen molar-refractivity contribution in [1.29, 1.82) is 0 Å². The second-order valence-corrected chi connectivity index (χ2v) is 10.4. The van der Waals surface area contributed by atoms with Gasteiger partial charge in [0.1, 0.15) is 0 Å². The highest BCUT2D eigenvalue weighted by Crippen LogP contribution is 2.32. The van der Waals surface area contributed by atoms with Crippen molar-refractivity contribution < 1.29 is 5.11 Å². The van der Waals surface area contributed by atoms with Gasteiger partial charge in [0.15, 0.2) is 5.82 Å². The monoisotopic (exact) mass is 504 g/mol. The van der Waals surface area contributed by atoms with Gasteiger partial charge in [0.05, 0.1) is 28.7 Å². The molecule has 2 aliphatic rings. The van der Waals surface area contributed by atoms with Crippen molar-refractivity contribution in [2.24, 2.45) is 0 Å². The first kappa shape index (κ1) is 25.6. The molecule has 0 bridgehead atoms. The summed E-state index contributed by atoms with van der Waals surface area (Å²) in [6, 6.07) is 12.5. The number of aliphatic hydroxyl groups excluding tert-OH is 1. The maximum Gasteiger partial charge on any atom is 0.223 e. The summed E-state index contributed by atoms with van der Waals surface area (Å²) in [4.78, 5) is 14.3. The van der Waals surface area contributed by atoms with Crippen molar-refractivity contribution in [2.75, 3.05) is 56.9 Å². The lowest BCUT2D eigenvalue weighted by atomic mass is 9.93. The number of hydrogen-bond donors (Lipinski definition) is 3. The van der Waals surface area contributed by atoms with Gasteiger partial charge in [0, 0.05) is 45.0 Å². The Labute approximate surface area is 219 Å². The van der Waals surface area contributed by atoms with E-state index < -0.39 is 0 Å². The van der Waals surface area contributed by atoms with E-state index in [-0.39, 0.29) is 6.10 Å². The number of para-hydroxylation sites is 1. The van der Waals surface area contributed by atoms with Crippen LogP contribution in [0.4, 0.5) is 11.8 Å². The van der Waals surface area contributed by atoms with Crippen LogP contribution in [0.3, 0.4) is 0 Å². The van der Waals surface area contributed by atoms with E-state index >= 15 is 0 Å². The molecule has 0 unspecified atom stereocenters. The summed E-state index contributed by atoms with van der Waals surface area (Å²) in [5.74, 6) is 1.48. The number of benzene rings is 1. The van der Waals surface area contributed by atoms with Gasteiger partial charge in [0.2, 0.25) is 5.95 Å². The van der Waals surface area contributed by atoms with Crippen LogP contribution in [0.15, 0.2) is 42.6 Å². The van der Waals surface area contributed by atoms with Crippen LogP contribution in [-0.2, 0) is 0 Å². The van der Waals surface area contributed by atoms with Crippen LogP contribution in [0.25, 0.3) is 16.9 Å². The molecule has 3 aromatic rings. The standard InChI is InChI=1S/C28H40N8O/c1-21-26(25-13-15-30-28(32-25)31-22-9-11-24(37)12-10-22)27(33-36(21)23-7-4-3-5-8-23)29-14-6-16-35-19-17-34(2)18-20-35/h3-5,7-8,13,15,22,24,37H,6,9-12,14,16-20H2,1-2H3,(H,29,33)(H,30,31,32). The van der Waals surface area contributed by atoms with Gasteiger partial charge in [0.25, 0.3) is 0 Å². The van der Waals surface area contributed by atoms with Crippen LogP contribution in [0.2, 0.25) is 0 Å². The number of hydrogen-bond acceptors (Lipinski definition) is 8. The van der Waals surface area contributed by atoms with Crippen LogP contribution in [0.5, 0.6) is 0 Å². The fourth-order valence-corrected chi connectivity index (χ4v) is 5.30. The number of piperazine rings is 1. The lowest BCUT2D eigenvalue weighted by Crippen LogP contribution is -2.44. The average molecular weight is 505 g/mol. The van der Waals surface area contributed by atoms with E-state index in [4.69, 9.17) is 10.1 Å². The van der Waals surface area contributed by atoms with Gasteiger partial charge >= 0.3 is 0 Å². The molecule has 1 saturated heterocycles. The summed E-state index contributed by atoms with van der Waals surface area (Å²) >= 11 is 0. The fraction of sp³-hybridized carbons (Fsp3) is 0.536. The van der Waals surface area contributed by atoms with Crippen molar-refractivity contribution in [1.82, 2.24) is 29.5 Å². The first-order chi connectivity index (χ1) is 18.1. The van der Waals surface area contributed by atoms with Crippen LogP contribution < -0.4 is 10.6 Å². The highest BCUT2D eigenvalue weighted by molar-refractivity contribution is 5.76. The van der Waals surface area contributed by atoms with Gasteiger partial charge in [-0.25, -0.2) is 14.6 Å². The van der Waals surface area contributed by atoms with E-state index in [1.54, 1.807) is 0 Å². The minimum absolute atomic E-state index is 0.179. The molecular formula is C28H40N8O. The predicted molar refractivity (Wildman–Crippen MR) is 148 cm³/mol. The molecule has 0 radical (unpaired) electrons. The molecule has 2 fully saturated rings. The third-order valence-electron chi connectivity index (χ3n) is 7.60. The van der Waals surface area contributed by atoms with Gasteiger partial charge in [-0.1, -0.05) is 18.2 Å². The second kappa shape index (κ2) is 12.0. The summed E-state index contributed by atoms with van der Waals surface area (Å²) in [5, 5.41) is 21.9. The molecule has 37 heavy (non-hydrogen) atoms. The molecule has 3 heterocycles. The van der Waals surface area contributed by atoms with Crippen LogP contribution in [0.1, 0.15) is 37.8 Å². The lowest BCUT2D eigenvalue weighted by Gasteiger charge is -2.32. The Morgan fingerprint density at radius 1 is 1.00 bits per heavy atom. The van der Waals surface area contributed by atoms with E-state index in [9.17, 15) is 5.11 Å². The van der Waals surface area contributed by atoms with E-state index in [1.165, 1.54) is 0 Å². The Balaban J connectivity index is 1.33. The molecule has 1 saturated carbocycles. The molecule has 9 heteroatoms. The van der Waals surface area contributed by atoms with Crippen LogP contribution in [-0.4, -0.2) is 93.1 Å². The molecule has 5 rings (SSSR count). The molecule has 0 atom stereocenters. The van der Waals surface area contributed by atoms with Gasteiger partial charge in [-0.05, 0) is 70.8 Å². The van der Waals surface area contributed by atoms with Crippen molar-refractivity contribution in [3.05, 3.63) is 48.3 Å². The van der Waals surface area contributed by atoms with Crippen LogP contribution in [0, 0.1) is 6.92 Å². The summed E-state index contributed by atoms with van der Waals surface area (Å²) < 4.78 is 2.00. The molecule has 3 N–H and O–H groups in total. The topological polar surface area (TPSA) is 94.4 Å². The largest absolute Gasteiger partial charge is 0.393 e. The molecule has 1 aliphatic carbocycles. The first-order valence-electron chi connectivity index (χ1n) is 13.6. The number of anilines is 2. The summed E-state index contributed by atoms with van der Waals surface area (Å²) in [5.41, 5.74) is 3.93. The summed E-state index contributed by atoms with van der Waals surface area (Å²) in [6.45, 7) is 8.60. The number of aliphatic hydroxyl groups is 1. The third kappa shape index (κ3) is 6.47. The van der Waals surface area contributed by atoms with Gasteiger partial charge in [-0.15, -0.1) is 5.10 Å². The van der Waals surface area contributed by atoms with E-state index in [1.807, 2.05) is 35.1 Å². The third-order valence-corrected chi connectivity index (χ3v) is 7.60. The Bertz CT molecular complexity index is 1130. The van der Waals surface area contributed by atoms with Crippen molar-refractivity contribution >= 4 is 11.8 Å². The number of nitrogens with zero attached hydrogens (tertiary/aromatic N) is 6.